The lowest BCUT2D eigenvalue weighted by molar-refractivity contribution is 0.321. The van der Waals surface area contributed by atoms with Crippen molar-refractivity contribution in [3.8, 4) is 11.3 Å². The molecule has 0 aliphatic carbocycles. The van der Waals surface area contributed by atoms with Gasteiger partial charge < -0.3 is 9.62 Å². The summed E-state index contributed by atoms with van der Waals surface area (Å²) in [5, 5.41) is 11.1. The van der Waals surface area contributed by atoms with E-state index >= 15 is 0 Å². The van der Waals surface area contributed by atoms with E-state index in [0.29, 0.717) is 0 Å². The summed E-state index contributed by atoms with van der Waals surface area (Å²) in [5.41, 5.74) is 0.152. The standard InChI is InChI=1S/C11H7F2NO2/c12-7-1-3-9(10(13)5-7)11-4-2-8(16-11)6-14-15/h1-6,15H. The van der Waals surface area contributed by atoms with Crippen LogP contribution in [0.5, 0.6) is 0 Å². The van der Waals surface area contributed by atoms with Crippen molar-refractivity contribution in [2.24, 2.45) is 5.16 Å². The van der Waals surface area contributed by atoms with Crippen molar-refractivity contribution in [2.75, 3.05) is 0 Å². The van der Waals surface area contributed by atoms with Gasteiger partial charge in [-0.2, -0.15) is 0 Å². The predicted molar refractivity (Wildman–Crippen MR) is 53.4 cm³/mol. The summed E-state index contributed by atoms with van der Waals surface area (Å²) in [6, 6.07) is 6.22. The molecule has 2 rings (SSSR count). The molecule has 0 fully saturated rings. The first-order valence-electron chi connectivity index (χ1n) is 4.43. The monoisotopic (exact) mass is 223 g/mol. The summed E-state index contributed by atoms with van der Waals surface area (Å²) in [7, 11) is 0. The van der Waals surface area contributed by atoms with E-state index in [-0.39, 0.29) is 17.1 Å². The first-order valence-corrected chi connectivity index (χ1v) is 4.43. The molecule has 1 aromatic carbocycles. The summed E-state index contributed by atoms with van der Waals surface area (Å²) in [6.07, 6.45) is 1.07. The number of nitrogens with zero attached hydrogens (tertiary/aromatic N) is 1. The van der Waals surface area contributed by atoms with E-state index in [0.717, 1.165) is 18.3 Å². The number of benzene rings is 1. The largest absolute Gasteiger partial charge is 0.455 e. The summed E-state index contributed by atoms with van der Waals surface area (Å²) in [6.45, 7) is 0. The Morgan fingerprint density at radius 2 is 2.00 bits per heavy atom. The van der Waals surface area contributed by atoms with Crippen molar-refractivity contribution in [3.63, 3.8) is 0 Å². The van der Waals surface area contributed by atoms with Crippen molar-refractivity contribution in [1.29, 1.82) is 0 Å². The number of oxime groups is 1. The van der Waals surface area contributed by atoms with Gasteiger partial charge in [0.1, 0.15) is 29.4 Å². The molecule has 82 valence electrons. The molecule has 5 heteroatoms. The molecule has 0 unspecified atom stereocenters. The maximum absolute atomic E-state index is 13.3. The lowest BCUT2D eigenvalue weighted by Crippen LogP contribution is -1.84. The second kappa shape index (κ2) is 4.14. The number of rotatable bonds is 2. The van der Waals surface area contributed by atoms with Crippen LogP contribution in [0.4, 0.5) is 8.78 Å². The third kappa shape index (κ3) is 1.93. The third-order valence-corrected chi connectivity index (χ3v) is 2.01. The summed E-state index contributed by atoms with van der Waals surface area (Å²) >= 11 is 0. The smallest absolute Gasteiger partial charge is 0.149 e. The van der Waals surface area contributed by atoms with Gasteiger partial charge in [0.05, 0.1) is 5.56 Å². The lowest BCUT2D eigenvalue weighted by atomic mass is 10.1. The van der Waals surface area contributed by atoms with E-state index in [1.54, 1.807) is 0 Å². The average molecular weight is 223 g/mol. The lowest BCUT2D eigenvalue weighted by Gasteiger charge is -1.98. The third-order valence-electron chi connectivity index (χ3n) is 2.01. The van der Waals surface area contributed by atoms with Gasteiger partial charge in [-0.05, 0) is 24.3 Å². The minimum atomic E-state index is -0.707. The molecule has 0 spiro atoms. The topological polar surface area (TPSA) is 45.7 Å². The molecule has 1 aromatic heterocycles. The van der Waals surface area contributed by atoms with E-state index in [4.69, 9.17) is 9.62 Å². The van der Waals surface area contributed by atoms with Gasteiger partial charge in [0.15, 0.2) is 0 Å². The predicted octanol–water partition coefficient (Wildman–Crippen LogP) is 3.03. The Balaban J connectivity index is 2.42. The van der Waals surface area contributed by atoms with Crippen LogP contribution in [0.1, 0.15) is 5.76 Å². The normalized spacial score (nSPS) is 11.1. The molecule has 1 heterocycles. The van der Waals surface area contributed by atoms with E-state index in [9.17, 15) is 8.78 Å². The minimum absolute atomic E-state index is 0.152. The molecule has 3 nitrogen and oxygen atoms in total. The van der Waals surface area contributed by atoms with Crippen LogP contribution in [-0.4, -0.2) is 11.4 Å². The highest BCUT2D eigenvalue weighted by molar-refractivity contribution is 5.76. The number of hydrogen-bond donors (Lipinski definition) is 1. The van der Waals surface area contributed by atoms with Gasteiger partial charge in [-0.25, -0.2) is 8.78 Å². The quantitative estimate of drug-likeness (QED) is 0.483. The van der Waals surface area contributed by atoms with Gasteiger partial charge in [-0.3, -0.25) is 0 Å². The van der Waals surface area contributed by atoms with Crippen molar-refractivity contribution in [2.45, 2.75) is 0 Å². The maximum atomic E-state index is 13.3. The van der Waals surface area contributed by atoms with Crippen molar-refractivity contribution >= 4 is 6.21 Å². The number of furan rings is 1. The van der Waals surface area contributed by atoms with Gasteiger partial charge in [0.25, 0.3) is 0 Å². The van der Waals surface area contributed by atoms with E-state index < -0.39 is 11.6 Å². The summed E-state index contributed by atoms with van der Waals surface area (Å²) in [4.78, 5) is 0. The van der Waals surface area contributed by atoms with Gasteiger partial charge in [-0.15, -0.1) is 0 Å². The van der Waals surface area contributed by atoms with Crippen LogP contribution in [0.3, 0.4) is 0 Å². The van der Waals surface area contributed by atoms with Crippen molar-refractivity contribution in [1.82, 2.24) is 0 Å². The molecule has 0 bridgehead atoms. The fourth-order valence-corrected chi connectivity index (χ4v) is 1.31. The summed E-state index contributed by atoms with van der Waals surface area (Å²) in [5.74, 6) is -0.833. The SMILES string of the molecule is ON=Cc1ccc(-c2ccc(F)cc2F)o1. The first-order chi connectivity index (χ1) is 7.70. The Kier molecular flexibility index (Phi) is 2.68. The number of hydrogen-bond acceptors (Lipinski definition) is 3. The highest BCUT2D eigenvalue weighted by Crippen LogP contribution is 2.24. The van der Waals surface area contributed by atoms with E-state index in [1.165, 1.54) is 18.2 Å². The van der Waals surface area contributed by atoms with Gasteiger partial charge in [0, 0.05) is 6.07 Å². The molecule has 0 aliphatic heterocycles. The van der Waals surface area contributed by atoms with E-state index in [1.807, 2.05) is 0 Å². The second-order valence-corrected chi connectivity index (χ2v) is 3.07. The molecule has 0 atom stereocenters. The fraction of sp³-hybridized carbons (Fsp3) is 0. The Morgan fingerprint density at radius 3 is 2.69 bits per heavy atom. The first kappa shape index (κ1) is 10.4. The van der Waals surface area contributed by atoms with Crippen LogP contribution in [0, 0.1) is 11.6 Å². The van der Waals surface area contributed by atoms with Crippen LogP contribution < -0.4 is 0 Å². The Labute approximate surface area is 89.6 Å². The highest BCUT2D eigenvalue weighted by atomic mass is 19.1. The van der Waals surface area contributed by atoms with Gasteiger partial charge in [0.2, 0.25) is 0 Å². The van der Waals surface area contributed by atoms with Gasteiger partial charge in [-0.1, -0.05) is 5.16 Å². The van der Waals surface area contributed by atoms with Crippen LogP contribution in [0.15, 0.2) is 39.9 Å². The van der Waals surface area contributed by atoms with Crippen LogP contribution in [0.25, 0.3) is 11.3 Å². The maximum Gasteiger partial charge on any atom is 0.149 e. The van der Waals surface area contributed by atoms with E-state index in [2.05, 4.69) is 5.16 Å². The zero-order valence-electron chi connectivity index (χ0n) is 8.02. The zero-order valence-corrected chi connectivity index (χ0v) is 8.02. The van der Waals surface area contributed by atoms with Crippen molar-refractivity contribution < 1.29 is 18.4 Å². The Morgan fingerprint density at radius 1 is 1.19 bits per heavy atom. The number of halogens is 2. The molecule has 0 amide bonds. The molecule has 1 N–H and O–H groups in total. The van der Waals surface area contributed by atoms with Gasteiger partial charge >= 0.3 is 0 Å². The second-order valence-electron chi connectivity index (χ2n) is 3.07. The average Bonchev–Trinajstić information content (AvgIpc) is 2.67. The van der Waals surface area contributed by atoms with Crippen LogP contribution in [-0.2, 0) is 0 Å². The molecule has 0 aliphatic rings. The molecular formula is C11H7F2NO2. The van der Waals surface area contributed by atoms with Crippen molar-refractivity contribution in [3.05, 3.63) is 47.7 Å². The minimum Gasteiger partial charge on any atom is -0.455 e. The molecule has 0 saturated carbocycles. The molecule has 0 saturated heterocycles. The molecule has 2 aromatic rings. The summed E-state index contributed by atoms with van der Waals surface area (Å²) < 4.78 is 31.2. The molecule has 0 radical (unpaired) electrons. The zero-order chi connectivity index (χ0) is 11.5. The van der Waals surface area contributed by atoms with Crippen LogP contribution >= 0.6 is 0 Å². The van der Waals surface area contributed by atoms with Crippen LogP contribution in [0.2, 0.25) is 0 Å². The highest BCUT2D eigenvalue weighted by Gasteiger charge is 2.09. The Bertz CT molecular complexity index is 535. The molecular weight excluding hydrogens is 216 g/mol. The molecule has 16 heavy (non-hydrogen) atoms. The Hall–Kier alpha value is -2.17. The fourth-order valence-electron chi connectivity index (χ4n) is 1.31.